The first-order valence-electron chi connectivity index (χ1n) is 12.5. The molecule has 0 spiro atoms. The molecule has 38 heavy (non-hydrogen) atoms. The van der Waals surface area contributed by atoms with Crippen molar-refractivity contribution in [2.45, 2.75) is 24.9 Å². The van der Waals surface area contributed by atoms with Gasteiger partial charge in [-0.05, 0) is 55.0 Å². The summed E-state index contributed by atoms with van der Waals surface area (Å²) in [6, 6.07) is 20.9. The van der Waals surface area contributed by atoms with Gasteiger partial charge in [0.05, 0.1) is 12.4 Å². The molecule has 0 aliphatic carbocycles. The molecule has 1 aromatic heterocycles. The van der Waals surface area contributed by atoms with Crippen LogP contribution in [0.5, 0.6) is 17.2 Å². The first-order valence-corrected chi connectivity index (χ1v) is 13.5. The standard InChI is InChI=1S/C29H29N3O5S/c1-2-35-22-10-8-21(9-11-22)29(34)30-13-14-32-17-27(23-5-3-4-6-24(23)32)38-18-28(33)31-16-20-7-12-25-26(15-20)37-19-36-25/h3-12,15,17H,2,13-14,16,18-19H2,1H3,(H,30,34)(H,31,33). The Kier molecular flexibility index (Phi) is 8.04. The van der Waals surface area contributed by atoms with Crippen LogP contribution in [-0.2, 0) is 17.9 Å². The molecule has 8 nitrogen and oxygen atoms in total. The van der Waals surface area contributed by atoms with Gasteiger partial charge in [-0.2, -0.15) is 0 Å². The Morgan fingerprint density at radius 2 is 1.82 bits per heavy atom. The number of rotatable bonds is 11. The van der Waals surface area contributed by atoms with E-state index in [9.17, 15) is 9.59 Å². The lowest BCUT2D eigenvalue weighted by Gasteiger charge is -2.08. The number of thioether (sulfide) groups is 1. The van der Waals surface area contributed by atoms with Crippen molar-refractivity contribution in [1.29, 1.82) is 0 Å². The van der Waals surface area contributed by atoms with Crippen LogP contribution < -0.4 is 24.8 Å². The van der Waals surface area contributed by atoms with Gasteiger partial charge in [-0.25, -0.2) is 0 Å². The minimum Gasteiger partial charge on any atom is -0.494 e. The van der Waals surface area contributed by atoms with E-state index in [4.69, 9.17) is 14.2 Å². The van der Waals surface area contributed by atoms with Gasteiger partial charge in [0, 0.05) is 47.2 Å². The molecule has 0 saturated heterocycles. The summed E-state index contributed by atoms with van der Waals surface area (Å²) in [5.74, 6) is 2.30. The maximum atomic E-state index is 12.6. The Balaban J connectivity index is 1.14. The number of hydrogen-bond donors (Lipinski definition) is 2. The van der Waals surface area contributed by atoms with Crippen molar-refractivity contribution < 1.29 is 23.8 Å². The third kappa shape index (κ3) is 6.06. The minimum atomic E-state index is -0.127. The number of hydrogen-bond acceptors (Lipinski definition) is 6. The summed E-state index contributed by atoms with van der Waals surface area (Å²) in [7, 11) is 0. The summed E-state index contributed by atoms with van der Waals surface area (Å²) in [6.45, 7) is 4.25. The van der Waals surface area contributed by atoms with Crippen molar-refractivity contribution in [3.8, 4) is 17.2 Å². The fourth-order valence-electron chi connectivity index (χ4n) is 4.22. The Bertz CT molecular complexity index is 1430. The Morgan fingerprint density at radius 3 is 2.66 bits per heavy atom. The number of para-hydroxylation sites is 1. The van der Waals surface area contributed by atoms with E-state index < -0.39 is 0 Å². The first kappa shape index (κ1) is 25.5. The Hall–Kier alpha value is -4.11. The normalized spacial score (nSPS) is 11.9. The quantitative estimate of drug-likeness (QED) is 0.275. The van der Waals surface area contributed by atoms with E-state index in [0.717, 1.165) is 32.9 Å². The number of ether oxygens (including phenoxy) is 3. The van der Waals surface area contributed by atoms with E-state index in [1.807, 2.05) is 49.5 Å². The number of nitrogens with one attached hydrogen (secondary N) is 2. The highest BCUT2D eigenvalue weighted by Crippen LogP contribution is 2.33. The van der Waals surface area contributed by atoms with Crippen LogP contribution in [0.25, 0.3) is 10.9 Å². The van der Waals surface area contributed by atoms with Crippen molar-refractivity contribution in [2.24, 2.45) is 0 Å². The van der Waals surface area contributed by atoms with Crippen molar-refractivity contribution in [2.75, 3.05) is 25.7 Å². The van der Waals surface area contributed by atoms with Crippen LogP contribution in [0.2, 0.25) is 0 Å². The van der Waals surface area contributed by atoms with Gasteiger partial charge in [-0.3, -0.25) is 9.59 Å². The average molecular weight is 532 g/mol. The fraction of sp³-hybridized carbons (Fsp3) is 0.241. The second kappa shape index (κ2) is 12.0. The molecule has 0 fully saturated rings. The number of aromatic nitrogens is 1. The number of fused-ring (bicyclic) bond motifs is 2. The molecule has 0 radical (unpaired) electrons. The highest BCUT2D eigenvalue weighted by Gasteiger charge is 2.14. The highest BCUT2D eigenvalue weighted by atomic mass is 32.2. The van der Waals surface area contributed by atoms with E-state index in [1.54, 1.807) is 24.3 Å². The molecular weight excluding hydrogens is 502 g/mol. The maximum absolute atomic E-state index is 12.6. The molecule has 3 aromatic carbocycles. The van der Waals surface area contributed by atoms with Crippen LogP contribution in [0.4, 0.5) is 0 Å². The number of nitrogens with zero attached hydrogens (tertiary/aromatic N) is 1. The first-order chi connectivity index (χ1) is 18.6. The molecule has 4 aromatic rings. The molecule has 2 heterocycles. The summed E-state index contributed by atoms with van der Waals surface area (Å²) in [6.07, 6.45) is 2.05. The third-order valence-electron chi connectivity index (χ3n) is 6.10. The van der Waals surface area contributed by atoms with Gasteiger partial charge in [-0.15, -0.1) is 11.8 Å². The van der Waals surface area contributed by atoms with E-state index in [1.165, 1.54) is 11.8 Å². The van der Waals surface area contributed by atoms with E-state index in [2.05, 4.69) is 21.3 Å². The number of carbonyl (C=O) groups excluding carboxylic acids is 2. The summed E-state index contributed by atoms with van der Waals surface area (Å²) < 4.78 is 18.3. The third-order valence-corrected chi connectivity index (χ3v) is 7.15. The number of amides is 2. The second-order valence-electron chi connectivity index (χ2n) is 8.67. The summed E-state index contributed by atoms with van der Waals surface area (Å²) in [5, 5.41) is 7.03. The molecule has 2 amide bonds. The van der Waals surface area contributed by atoms with E-state index in [0.29, 0.717) is 43.3 Å². The van der Waals surface area contributed by atoms with Crippen molar-refractivity contribution in [3.63, 3.8) is 0 Å². The minimum absolute atomic E-state index is 0.0490. The molecule has 1 aliphatic heterocycles. The molecule has 0 unspecified atom stereocenters. The lowest BCUT2D eigenvalue weighted by molar-refractivity contribution is -0.118. The predicted octanol–water partition coefficient (Wildman–Crippen LogP) is 4.61. The topological polar surface area (TPSA) is 90.8 Å². The number of benzene rings is 3. The van der Waals surface area contributed by atoms with Crippen LogP contribution in [0.1, 0.15) is 22.8 Å². The zero-order chi connectivity index (χ0) is 26.3. The molecule has 5 rings (SSSR count). The molecule has 0 atom stereocenters. The summed E-state index contributed by atoms with van der Waals surface area (Å²) in [4.78, 5) is 26.1. The molecule has 1 aliphatic rings. The van der Waals surface area contributed by atoms with E-state index >= 15 is 0 Å². The zero-order valence-electron chi connectivity index (χ0n) is 21.1. The monoisotopic (exact) mass is 531 g/mol. The van der Waals surface area contributed by atoms with Gasteiger partial charge in [0.2, 0.25) is 12.7 Å². The Labute approximate surface area is 225 Å². The van der Waals surface area contributed by atoms with Crippen LogP contribution in [0.15, 0.2) is 77.8 Å². The van der Waals surface area contributed by atoms with Crippen LogP contribution in [0.3, 0.4) is 0 Å². The van der Waals surface area contributed by atoms with Crippen LogP contribution >= 0.6 is 11.8 Å². The van der Waals surface area contributed by atoms with Crippen molar-refractivity contribution in [1.82, 2.24) is 15.2 Å². The highest BCUT2D eigenvalue weighted by molar-refractivity contribution is 8.00. The Morgan fingerprint density at radius 1 is 1.00 bits per heavy atom. The molecule has 9 heteroatoms. The van der Waals surface area contributed by atoms with Crippen molar-refractivity contribution >= 4 is 34.5 Å². The second-order valence-corrected chi connectivity index (χ2v) is 9.69. The van der Waals surface area contributed by atoms with Gasteiger partial charge < -0.3 is 29.4 Å². The van der Waals surface area contributed by atoms with Gasteiger partial charge in [0.25, 0.3) is 5.91 Å². The van der Waals surface area contributed by atoms with Gasteiger partial charge in [-0.1, -0.05) is 24.3 Å². The lowest BCUT2D eigenvalue weighted by atomic mass is 10.2. The smallest absolute Gasteiger partial charge is 0.251 e. The zero-order valence-corrected chi connectivity index (χ0v) is 21.9. The fourth-order valence-corrected chi connectivity index (χ4v) is 5.14. The molecule has 196 valence electrons. The van der Waals surface area contributed by atoms with E-state index in [-0.39, 0.29) is 18.6 Å². The SMILES string of the molecule is CCOc1ccc(C(=O)NCCn2cc(SCC(=O)NCc3ccc4c(c3)OCO4)c3ccccc32)cc1. The van der Waals surface area contributed by atoms with Crippen LogP contribution in [0, 0.1) is 0 Å². The lowest BCUT2D eigenvalue weighted by Crippen LogP contribution is -2.27. The largest absolute Gasteiger partial charge is 0.494 e. The summed E-state index contributed by atoms with van der Waals surface area (Å²) in [5.41, 5.74) is 2.61. The van der Waals surface area contributed by atoms with Crippen molar-refractivity contribution in [3.05, 3.63) is 84.1 Å². The van der Waals surface area contributed by atoms with Gasteiger partial charge >= 0.3 is 0 Å². The van der Waals surface area contributed by atoms with Gasteiger partial charge in [0.1, 0.15) is 5.75 Å². The predicted molar refractivity (Wildman–Crippen MR) is 147 cm³/mol. The molecule has 0 bridgehead atoms. The molecule has 2 N–H and O–H groups in total. The van der Waals surface area contributed by atoms with Crippen LogP contribution in [-0.4, -0.2) is 42.1 Å². The number of carbonyl (C=O) groups is 2. The van der Waals surface area contributed by atoms with Gasteiger partial charge in [0.15, 0.2) is 11.5 Å². The molecular formula is C29H29N3O5S. The average Bonchev–Trinajstić information content (AvgIpc) is 3.55. The molecule has 0 saturated carbocycles. The summed E-state index contributed by atoms with van der Waals surface area (Å²) >= 11 is 1.50. The maximum Gasteiger partial charge on any atom is 0.251 e.